The molecule has 19 heavy (non-hydrogen) atoms. The van der Waals surface area contributed by atoms with Crippen LogP contribution >= 0.6 is 0 Å². The van der Waals surface area contributed by atoms with E-state index in [-0.39, 0.29) is 24.1 Å². The molecule has 1 fully saturated rings. The fraction of sp³-hybridized carbons (Fsp3) is 0.462. The Labute approximate surface area is 113 Å². The third-order valence-corrected chi connectivity index (χ3v) is 4.39. The highest BCUT2D eigenvalue weighted by Gasteiger charge is 2.29. The highest BCUT2D eigenvalue weighted by atomic mass is 32.2. The van der Waals surface area contributed by atoms with Crippen molar-refractivity contribution in [1.82, 2.24) is 4.72 Å². The minimum Gasteiger partial charge on any atom is -0.326 e. The van der Waals surface area contributed by atoms with E-state index in [0.29, 0.717) is 0 Å². The zero-order chi connectivity index (χ0) is 13.9. The molecule has 0 spiro atoms. The van der Waals surface area contributed by atoms with E-state index in [9.17, 15) is 13.2 Å². The van der Waals surface area contributed by atoms with E-state index in [1.807, 2.05) is 0 Å². The molecule has 1 amide bonds. The Hall–Kier alpha value is -1.40. The molecule has 1 saturated carbocycles. The largest absolute Gasteiger partial charge is 0.326 e. The first kappa shape index (κ1) is 14.0. The van der Waals surface area contributed by atoms with Crippen LogP contribution in [0.5, 0.6) is 0 Å². The number of nitrogens with one attached hydrogen (secondary N) is 2. The van der Waals surface area contributed by atoms with E-state index in [1.54, 1.807) is 31.2 Å². The van der Waals surface area contributed by atoms with Crippen LogP contribution in [-0.4, -0.2) is 20.1 Å². The van der Waals surface area contributed by atoms with Crippen LogP contribution in [0.3, 0.4) is 0 Å². The molecule has 0 atom stereocenters. The smallest absolute Gasteiger partial charge is 0.227 e. The fourth-order valence-corrected chi connectivity index (χ4v) is 2.18. The Kier molecular flexibility index (Phi) is 4.21. The van der Waals surface area contributed by atoms with Crippen molar-refractivity contribution in [2.45, 2.75) is 26.3 Å². The molecule has 0 saturated heterocycles. The van der Waals surface area contributed by atoms with Crippen LogP contribution in [0, 0.1) is 5.92 Å². The van der Waals surface area contributed by atoms with Gasteiger partial charge in [0.05, 0.1) is 5.75 Å². The van der Waals surface area contributed by atoms with Gasteiger partial charge in [-0.15, -0.1) is 0 Å². The first-order valence-electron chi connectivity index (χ1n) is 6.37. The molecule has 5 nitrogen and oxygen atoms in total. The summed E-state index contributed by atoms with van der Waals surface area (Å²) in [6.45, 7) is 1.87. The maximum Gasteiger partial charge on any atom is 0.227 e. The van der Waals surface area contributed by atoms with Gasteiger partial charge in [-0.2, -0.15) is 0 Å². The Morgan fingerprint density at radius 3 is 2.42 bits per heavy atom. The number of hydrogen-bond donors (Lipinski definition) is 2. The summed E-state index contributed by atoms with van der Waals surface area (Å²) in [5.41, 5.74) is 1.61. The van der Waals surface area contributed by atoms with E-state index in [2.05, 4.69) is 10.0 Å². The fourth-order valence-electron chi connectivity index (χ4n) is 1.59. The summed E-state index contributed by atoms with van der Waals surface area (Å²) in [6, 6.07) is 7.19. The normalized spacial score (nSPS) is 15.2. The van der Waals surface area contributed by atoms with Crippen LogP contribution in [0.2, 0.25) is 0 Å². The standard InChI is InChI=1S/C13H18N2O3S/c1-2-19(17,18)14-9-10-3-7-12(8-4-10)15-13(16)11-5-6-11/h3-4,7-8,11,14H,2,5-6,9H2,1H3,(H,15,16). The van der Waals surface area contributed by atoms with Gasteiger partial charge in [0.15, 0.2) is 0 Å². The van der Waals surface area contributed by atoms with Crippen LogP contribution in [0.4, 0.5) is 5.69 Å². The van der Waals surface area contributed by atoms with Crippen molar-refractivity contribution in [2.24, 2.45) is 5.92 Å². The van der Waals surface area contributed by atoms with Crippen molar-refractivity contribution in [1.29, 1.82) is 0 Å². The summed E-state index contributed by atoms with van der Waals surface area (Å²) in [6.07, 6.45) is 1.95. The number of anilines is 1. The number of hydrogen-bond acceptors (Lipinski definition) is 3. The third kappa shape index (κ3) is 4.33. The van der Waals surface area contributed by atoms with E-state index in [4.69, 9.17) is 0 Å². The van der Waals surface area contributed by atoms with Gasteiger partial charge in [-0.25, -0.2) is 13.1 Å². The molecular weight excluding hydrogens is 264 g/mol. The number of sulfonamides is 1. The topological polar surface area (TPSA) is 75.3 Å². The van der Waals surface area contributed by atoms with Crippen molar-refractivity contribution in [2.75, 3.05) is 11.1 Å². The van der Waals surface area contributed by atoms with E-state index >= 15 is 0 Å². The first-order valence-corrected chi connectivity index (χ1v) is 8.02. The second-order valence-corrected chi connectivity index (χ2v) is 6.78. The highest BCUT2D eigenvalue weighted by Crippen LogP contribution is 2.30. The Balaban J connectivity index is 1.89. The Morgan fingerprint density at radius 1 is 1.26 bits per heavy atom. The zero-order valence-electron chi connectivity index (χ0n) is 10.8. The summed E-state index contributed by atoms with van der Waals surface area (Å²) in [5.74, 6) is 0.318. The molecule has 1 aromatic carbocycles. The van der Waals surface area contributed by atoms with E-state index < -0.39 is 10.0 Å². The van der Waals surface area contributed by atoms with Gasteiger partial charge in [0.25, 0.3) is 0 Å². The van der Waals surface area contributed by atoms with Crippen LogP contribution in [0.1, 0.15) is 25.3 Å². The second kappa shape index (κ2) is 5.71. The molecule has 0 heterocycles. The maximum absolute atomic E-state index is 11.6. The average molecular weight is 282 g/mol. The van der Waals surface area contributed by atoms with Gasteiger partial charge in [0.2, 0.25) is 15.9 Å². The molecular formula is C13H18N2O3S. The monoisotopic (exact) mass is 282 g/mol. The first-order chi connectivity index (χ1) is 9.00. The van der Waals surface area contributed by atoms with Gasteiger partial charge in [0.1, 0.15) is 0 Å². The Morgan fingerprint density at radius 2 is 1.89 bits per heavy atom. The van der Waals surface area contributed by atoms with Crippen molar-refractivity contribution in [3.63, 3.8) is 0 Å². The lowest BCUT2D eigenvalue weighted by Gasteiger charge is -2.07. The minimum absolute atomic E-state index is 0.0689. The molecule has 6 heteroatoms. The second-order valence-electron chi connectivity index (χ2n) is 4.68. The Bertz CT molecular complexity index is 548. The molecule has 0 unspecified atom stereocenters. The molecule has 0 aromatic heterocycles. The van der Waals surface area contributed by atoms with Crippen molar-refractivity contribution in [3.8, 4) is 0 Å². The molecule has 1 aliphatic carbocycles. The van der Waals surface area contributed by atoms with Crippen LogP contribution in [0.15, 0.2) is 24.3 Å². The molecule has 1 aliphatic rings. The van der Waals surface area contributed by atoms with Gasteiger partial charge >= 0.3 is 0 Å². The molecule has 2 N–H and O–H groups in total. The van der Waals surface area contributed by atoms with Crippen molar-refractivity contribution >= 4 is 21.6 Å². The average Bonchev–Trinajstić information content (AvgIpc) is 3.22. The van der Waals surface area contributed by atoms with Gasteiger partial charge in [-0.05, 0) is 37.5 Å². The van der Waals surface area contributed by atoms with Gasteiger partial charge in [0, 0.05) is 18.2 Å². The number of amides is 1. The van der Waals surface area contributed by atoms with Crippen molar-refractivity contribution < 1.29 is 13.2 Å². The van der Waals surface area contributed by atoms with E-state index in [0.717, 1.165) is 24.1 Å². The third-order valence-electron chi connectivity index (χ3n) is 3.05. The van der Waals surface area contributed by atoms with Crippen LogP contribution in [-0.2, 0) is 21.4 Å². The SMILES string of the molecule is CCS(=O)(=O)NCc1ccc(NC(=O)C2CC2)cc1. The summed E-state index contributed by atoms with van der Waals surface area (Å²) >= 11 is 0. The summed E-state index contributed by atoms with van der Waals surface area (Å²) in [5, 5.41) is 2.84. The lowest BCUT2D eigenvalue weighted by Crippen LogP contribution is -2.24. The molecule has 1 aromatic rings. The number of carbonyl (C=O) groups excluding carboxylic acids is 1. The lowest BCUT2D eigenvalue weighted by molar-refractivity contribution is -0.117. The molecule has 0 radical (unpaired) electrons. The summed E-state index contributed by atoms with van der Waals surface area (Å²) in [7, 11) is -3.17. The number of rotatable bonds is 6. The molecule has 0 aliphatic heterocycles. The van der Waals surface area contributed by atoms with Crippen LogP contribution < -0.4 is 10.0 Å². The molecule has 2 rings (SSSR count). The maximum atomic E-state index is 11.6. The van der Waals surface area contributed by atoms with Gasteiger partial charge in [-0.1, -0.05) is 12.1 Å². The minimum atomic E-state index is -3.17. The van der Waals surface area contributed by atoms with Gasteiger partial charge < -0.3 is 5.32 Å². The highest BCUT2D eigenvalue weighted by molar-refractivity contribution is 7.89. The summed E-state index contributed by atoms with van der Waals surface area (Å²) < 4.78 is 25.1. The van der Waals surface area contributed by atoms with Crippen molar-refractivity contribution in [3.05, 3.63) is 29.8 Å². The summed E-state index contributed by atoms with van der Waals surface area (Å²) in [4.78, 5) is 11.6. The quantitative estimate of drug-likeness (QED) is 0.829. The zero-order valence-corrected chi connectivity index (χ0v) is 11.7. The van der Waals surface area contributed by atoms with Gasteiger partial charge in [-0.3, -0.25) is 4.79 Å². The lowest BCUT2D eigenvalue weighted by atomic mass is 10.2. The predicted molar refractivity (Wildman–Crippen MR) is 74.1 cm³/mol. The van der Waals surface area contributed by atoms with Crippen LogP contribution in [0.25, 0.3) is 0 Å². The number of benzene rings is 1. The molecule has 104 valence electrons. The number of carbonyl (C=O) groups is 1. The predicted octanol–water partition coefficient (Wildman–Crippen LogP) is 1.47. The van der Waals surface area contributed by atoms with E-state index in [1.165, 1.54) is 0 Å². The molecule has 0 bridgehead atoms.